The van der Waals surface area contributed by atoms with Gasteiger partial charge in [-0.05, 0) is 54.9 Å². The Bertz CT molecular complexity index is 804. The lowest BCUT2D eigenvalue weighted by molar-refractivity contribution is 0.122. The van der Waals surface area contributed by atoms with Gasteiger partial charge in [-0.25, -0.2) is 0 Å². The van der Waals surface area contributed by atoms with Crippen LogP contribution in [0.25, 0.3) is 0 Å². The summed E-state index contributed by atoms with van der Waals surface area (Å²) in [7, 11) is 0. The van der Waals surface area contributed by atoms with Gasteiger partial charge in [-0.2, -0.15) is 5.26 Å². The number of rotatable bonds is 8. The first-order valence-electron chi connectivity index (χ1n) is 10.2. The summed E-state index contributed by atoms with van der Waals surface area (Å²) in [6, 6.07) is 22.0. The molecule has 0 aliphatic heterocycles. The van der Waals surface area contributed by atoms with Gasteiger partial charge in [0.25, 0.3) is 0 Å². The van der Waals surface area contributed by atoms with E-state index in [4.69, 9.17) is 5.26 Å². The predicted molar refractivity (Wildman–Crippen MR) is 109 cm³/mol. The first kappa shape index (κ1) is 18.2. The molecule has 2 aliphatic rings. The molecule has 2 fully saturated rings. The highest BCUT2D eigenvalue weighted by Crippen LogP contribution is 2.44. The maximum atomic E-state index is 9.10. The molecule has 2 aliphatic carbocycles. The van der Waals surface area contributed by atoms with Crippen LogP contribution in [0.5, 0.6) is 0 Å². The molecule has 2 N–H and O–H groups in total. The third-order valence-corrected chi connectivity index (χ3v) is 6.47. The smallest absolute Gasteiger partial charge is 0.0991 e. The van der Waals surface area contributed by atoms with Gasteiger partial charge in [-0.3, -0.25) is 0 Å². The van der Waals surface area contributed by atoms with Crippen molar-refractivity contribution in [2.75, 3.05) is 13.1 Å². The van der Waals surface area contributed by atoms with Crippen molar-refractivity contribution in [3.63, 3.8) is 0 Å². The van der Waals surface area contributed by atoms with Crippen LogP contribution in [0.3, 0.4) is 0 Å². The zero-order valence-corrected chi connectivity index (χ0v) is 16.1. The quantitative estimate of drug-likeness (QED) is 0.728. The van der Waals surface area contributed by atoms with E-state index in [2.05, 4.69) is 60.0 Å². The van der Waals surface area contributed by atoms with Crippen LogP contribution in [0.2, 0.25) is 0 Å². The van der Waals surface area contributed by atoms with Crippen molar-refractivity contribution in [3.05, 3.63) is 71.3 Å². The number of benzene rings is 2. The standard InChI is InChI=1S/C24H29N3/c1-18(21-10-5-7-19(13-21)15-25)26-16-24(11-6-12-24)17-27-23-14-22(23)20-8-3-2-4-9-20/h2-5,7-10,13,18,22-23,26-27H,6,11-12,14,16-17H2,1H3/t18?,22-,23?/m1/s1. The van der Waals surface area contributed by atoms with E-state index in [0.717, 1.165) is 18.7 Å². The van der Waals surface area contributed by atoms with E-state index < -0.39 is 0 Å². The van der Waals surface area contributed by atoms with Gasteiger partial charge in [0.2, 0.25) is 0 Å². The zero-order chi connectivity index (χ0) is 18.7. The third-order valence-electron chi connectivity index (χ3n) is 6.47. The van der Waals surface area contributed by atoms with Crippen LogP contribution < -0.4 is 10.6 Å². The van der Waals surface area contributed by atoms with Crippen LogP contribution in [-0.2, 0) is 0 Å². The Hall–Kier alpha value is -2.15. The average molecular weight is 360 g/mol. The lowest BCUT2D eigenvalue weighted by atomic mass is 9.68. The van der Waals surface area contributed by atoms with Gasteiger partial charge >= 0.3 is 0 Å². The Kier molecular flexibility index (Phi) is 5.29. The summed E-state index contributed by atoms with van der Waals surface area (Å²) in [6.45, 7) is 4.35. The zero-order valence-electron chi connectivity index (χ0n) is 16.1. The lowest BCUT2D eigenvalue weighted by Gasteiger charge is -2.43. The van der Waals surface area contributed by atoms with Crippen molar-refractivity contribution in [3.8, 4) is 6.07 Å². The first-order chi connectivity index (χ1) is 13.2. The maximum Gasteiger partial charge on any atom is 0.0991 e. The monoisotopic (exact) mass is 359 g/mol. The molecule has 0 saturated heterocycles. The van der Waals surface area contributed by atoms with Crippen molar-refractivity contribution in [1.29, 1.82) is 5.26 Å². The van der Waals surface area contributed by atoms with Crippen LogP contribution in [0, 0.1) is 16.7 Å². The van der Waals surface area contributed by atoms with Gasteiger partial charge in [0.15, 0.2) is 0 Å². The summed E-state index contributed by atoms with van der Waals surface area (Å²) in [5.74, 6) is 0.698. The van der Waals surface area contributed by atoms with Gasteiger partial charge < -0.3 is 10.6 Å². The minimum absolute atomic E-state index is 0.272. The number of hydrogen-bond donors (Lipinski definition) is 2. The molecule has 0 heterocycles. The fourth-order valence-electron chi connectivity index (χ4n) is 4.29. The summed E-state index contributed by atoms with van der Waals surface area (Å²) in [4.78, 5) is 0. The fraction of sp³-hybridized carbons (Fsp3) is 0.458. The summed E-state index contributed by atoms with van der Waals surface area (Å²) in [6.07, 6.45) is 5.22. The number of nitrogens with zero attached hydrogens (tertiary/aromatic N) is 1. The molecule has 3 atom stereocenters. The van der Waals surface area contributed by atoms with E-state index in [1.165, 1.54) is 36.8 Å². The van der Waals surface area contributed by atoms with Crippen molar-refractivity contribution in [2.24, 2.45) is 5.41 Å². The van der Waals surface area contributed by atoms with Crippen LogP contribution in [0.1, 0.15) is 61.3 Å². The Morgan fingerprint density at radius 1 is 1.11 bits per heavy atom. The second-order valence-corrected chi connectivity index (χ2v) is 8.43. The molecule has 0 spiro atoms. The molecule has 0 amide bonds. The van der Waals surface area contributed by atoms with Crippen molar-refractivity contribution < 1.29 is 0 Å². The fourth-order valence-corrected chi connectivity index (χ4v) is 4.29. The molecule has 0 radical (unpaired) electrons. The van der Waals surface area contributed by atoms with Gasteiger partial charge in [0.1, 0.15) is 0 Å². The highest BCUT2D eigenvalue weighted by atomic mass is 15.0. The Morgan fingerprint density at radius 3 is 2.63 bits per heavy atom. The van der Waals surface area contributed by atoms with Crippen molar-refractivity contribution in [1.82, 2.24) is 10.6 Å². The molecule has 0 bridgehead atoms. The van der Waals surface area contributed by atoms with Gasteiger partial charge in [-0.1, -0.05) is 48.9 Å². The summed E-state index contributed by atoms with van der Waals surface area (Å²) in [5.41, 5.74) is 3.80. The predicted octanol–water partition coefficient (Wildman–Crippen LogP) is 4.52. The number of nitriles is 1. The van der Waals surface area contributed by atoms with Crippen molar-refractivity contribution in [2.45, 2.75) is 50.6 Å². The summed E-state index contributed by atoms with van der Waals surface area (Å²) in [5, 5.41) is 16.7. The van der Waals surface area contributed by atoms with Gasteiger partial charge in [-0.15, -0.1) is 0 Å². The molecule has 3 heteroatoms. The first-order valence-corrected chi connectivity index (χ1v) is 10.2. The van der Waals surface area contributed by atoms with Gasteiger partial charge in [0.05, 0.1) is 11.6 Å². The maximum absolute atomic E-state index is 9.10. The minimum Gasteiger partial charge on any atom is -0.313 e. The van der Waals surface area contributed by atoms with Gasteiger partial charge in [0, 0.05) is 31.1 Å². The normalized spacial score (nSPS) is 23.9. The summed E-state index contributed by atoms with van der Waals surface area (Å²) < 4.78 is 0. The molecular formula is C24H29N3. The largest absolute Gasteiger partial charge is 0.313 e. The van der Waals surface area contributed by atoms with E-state index >= 15 is 0 Å². The lowest BCUT2D eigenvalue weighted by Crippen LogP contribution is -2.48. The molecule has 2 aromatic carbocycles. The molecule has 2 aromatic rings. The van der Waals surface area contributed by atoms with Crippen LogP contribution in [0.4, 0.5) is 0 Å². The topological polar surface area (TPSA) is 47.8 Å². The second-order valence-electron chi connectivity index (χ2n) is 8.43. The number of nitrogens with one attached hydrogen (secondary N) is 2. The van der Waals surface area contributed by atoms with E-state index in [1.54, 1.807) is 0 Å². The summed E-state index contributed by atoms with van der Waals surface area (Å²) >= 11 is 0. The molecule has 2 saturated carbocycles. The highest BCUT2D eigenvalue weighted by molar-refractivity contribution is 5.34. The van der Waals surface area contributed by atoms with Crippen LogP contribution in [-0.4, -0.2) is 19.1 Å². The highest BCUT2D eigenvalue weighted by Gasteiger charge is 2.42. The Balaban J connectivity index is 1.28. The molecular weight excluding hydrogens is 330 g/mol. The van der Waals surface area contributed by atoms with Crippen molar-refractivity contribution >= 4 is 0 Å². The van der Waals surface area contributed by atoms with Crippen LogP contribution >= 0.6 is 0 Å². The van der Waals surface area contributed by atoms with Crippen LogP contribution in [0.15, 0.2) is 54.6 Å². The molecule has 2 unspecified atom stereocenters. The van der Waals surface area contributed by atoms with E-state index in [1.807, 2.05) is 18.2 Å². The number of hydrogen-bond acceptors (Lipinski definition) is 3. The minimum atomic E-state index is 0.272. The van der Waals surface area contributed by atoms with E-state index in [0.29, 0.717) is 17.4 Å². The molecule has 0 aromatic heterocycles. The SMILES string of the molecule is CC(NCC1(CNC2C[C@@H]2c2ccccc2)CCC1)c1cccc(C#N)c1. The van der Waals surface area contributed by atoms with E-state index in [9.17, 15) is 0 Å². The molecule has 140 valence electrons. The van der Waals surface area contributed by atoms with E-state index in [-0.39, 0.29) is 6.04 Å². The second kappa shape index (κ2) is 7.84. The third kappa shape index (κ3) is 4.24. The Labute approximate surface area is 162 Å². The molecule has 4 rings (SSSR count). The molecule has 3 nitrogen and oxygen atoms in total. The molecule has 27 heavy (non-hydrogen) atoms. The average Bonchev–Trinajstić information content (AvgIpc) is 3.47. The Morgan fingerprint density at radius 2 is 1.93 bits per heavy atom.